The molecule has 0 unspecified atom stereocenters. The van der Waals surface area contributed by atoms with Gasteiger partial charge < -0.3 is 10.4 Å². The normalized spacial score (nSPS) is 14.2. The number of aromatic nitrogens is 2. The maximum atomic E-state index is 11.4. The second kappa shape index (κ2) is 5.75. The molecule has 0 aliphatic heterocycles. The number of aryl methyl sites for hydroxylation is 2. The molecule has 5 nitrogen and oxygen atoms in total. The van der Waals surface area contributed by atoms with Gasteiger partial charge in [-0.1, -0.05) is 20.3 Å². The van der Waals surface area contributed by atoms with E-state index in [1.54, 1.807) is 11.3 Å². The van der Waals surface area contributed by atoms with Crippen LogP contribution in [0.3, 0.4) is 0 Å². The van der Waals surface area contributed by atoms with Crippen molar-refractivity contribution in [1.29, 1.82) is 0 Å². The highest BCUT2D eigenvalue weighted by Crippen LogP contribution is 2.33. The molecular formula is C14H19N3O2S. The predicted octanol–water partition coefficient (Wildman–Crippen LogP) is 3.22. The van der Waals surface area contributed by atoms with Gasteiger partial charge in [-0.2, -0.15) is 0 Å². The van der Waals surface area contributed by atoms with E-state index in [0.717, 1.165) is 22.2 Å². The van der Waals surface area contributed by atoms with E-state index in [1.165, 1.54) is 11.2 Å². The highest BCUT2D eigenvalue weighted by Gasteiger charge is 2.25. The molecule has 0 aromatic carbocycles. The van der Waals surface area contributed by atoms with Crippen molar-refractivity contribution in [2.75, 3.05) is 5.32 Å². The molecule has 0 saturated carbocycles. The van der Waals surface area contributed by atoms with Crippen LogP contribution in [0.2, 0.25) is 0 Å². The molecule has 2 heterocycles. The summed E-state index contributed by atoms with van der Waals surface area (Å²) in [6, 6.07) is -0.641. The first kappa shape index (κ1) is 14.7. The second-order valence-electron chi connectivity index (χ2n) is 5.03. The number of hydrogen-bond acceptors (Lipinski definition) is 5. The molecule has 0 fully saturated rings. The lowest BCUT2D eigenvalue weighted by Crippen LogP contribution is -2.35. The van der Waals surface area contributed by atoms with Crippen LogP contribution in [0.5, 0.6) is 0 Å². The van der Waals surface area contributed by atoms with Crippen LogP contribution in [0, 0.1) is 19.8 Å². The number of rotatable bonds is 5. The second-order valence-corrected chi connectivity index (χ2v) is 6.23. The largest absolute Gasteiger partial charge is 0.480 e. The minimum absolute atomic E-state index is 0.0255. The highest BCUT2D eigenvalue weighted by molar-refractivity contribution is 7.18. The third-order valence-corrected chi connectivity index (χ3v) is 4.85. The lowest BCUT2D eigenvalue weighted by Gasteiger charge is -2.21. The topological polar surface area (TPSA) is 75.1 Å². The summed E-state index contributed by atoms with van der Waals surface area (Å²) < 4.78 is 0. The van der Waals surface area contributed by atoms with Crippen molar-refractivity contribution in [2.45, 2.75) is 40.2 Å². The molecule has 0 aliphatic rings. The summed E-state index contributed by atoms with van der Waals surface area (Å²) in [6.45, 7) is 7.96. The fourth-order valence-corrected chi connectivity index (χ4v) is 3.12. The van der Waals surface area contributed by atoms with E-state index in [1.807, 2.05) is 27.7 Å². The van der Waals surface area contributed by atoms with E-state index in [-0.39, 0.29) is 5.92 Å². The van der Waals surface area contributed by atoms with Crippen molar-refractivity contribution in [1.82, 2.24) is 9.97 Å². The van der Waals surface area contributed by atoms with Crippen LogP contribution in [0.4, 0.5) is 5.82 Å². The zero-order valence-corrected chi connectivity index (χ0v) is 12.9. The molecule has 6 heteroatoms. The molecule has 0 radical (unpaired) electrons. The Balaban J connectivity index is 2.45. The number of carboxylic acids is 1. The minimum atomic E-state index is -0.851. The summed E-state index contributed by atoms with van der Waals surface area (Å²) in [4.78, 5) is 22.0. The Morgan fingerprint density at radius 1 is 1.45 bits per heavy atom. The van der Waals surface area contributed by atoms with Gasteiger partial charge >= 0.3 is 5.97 Å². The average molecular weight is 293 g/mol. The van der Waals surface area contributed by atoms with Gasteiger partial charge in [0.1, 0.15) is 23.0 Å². The summed E-state index contributed by atoms with van der Waals surface area (Å²) in [6.07, 6.45) is 2.27. The molecule has 0 bridgehead atoms. The van der Waals surface area contributed by atoms with Gasteiger partial charge in [-0.25, -0.2) is 14.8 Å². The average Bonchev–Trinajstić information content (AvgIpc) is 2.71. The number of aliphatic carboxylic acids is 1. The van der Waals surface area contributed by atoms with Gasteiger partial charge in [0.2, 0.25) is 0 Å². The molecule has 0 amide bonds. The number of thiophene rings is 1. The molecule has 2 N–H and O–H groups in total. The fourth-order valence-electron chi connectivity index (χ4n) is 2.12. The van der Waals surface area contributed by atoms with E-state index >= 15 is 0 Å². The molecule has 20 heavy (non-hydrogen) atoms. The number of fused-ring (bicyclic) bond motifs is 1. The van der Waals surface area contributed by atoms with Gasteiger partial charge in [0.05, 0.1) is 5.39 Å². The van der Waals surface area contributed by atoms with E-state index in [9.17, 15) is 9.90 Å². The van der Waals surface area contributed by atoms with Crippen molar-refractivity contribution in [3.05, 3.63) is 16.8 Å². The third-order valence-electron chi connectivity index (χ3n) is 3.74. The predicted molar refractivity (Wildman–Crippen MR) is 81.4 cm³/mol. The molecule has 2 atom stereocenters. The Kier molecular flexibility index (Phi) is 4.23. The number of anilines is 1. The van der Waals surface area contributed by atoms with Crippen LogP contribution < -0.4 is 5.32 Å². The van der Waals surface area contributed by atoms with Gasteiger partial charge in [-0.05, 0) is 25.3 Å². The van der Waals surface area contributed by atoms with Crippen LogP contribution in [-0.4, -0.2) is 27.1 Å². The standard InChI is InChI=1S/C14H19N3O2S/c1-5-7(2)11(14(18)19)17-12-10-8(3)9(4)20-13(10)16-6-15-12/h6-7,11H,5H2,1-4H3,(H,18,19)(H,15,16,17)/t7-,11+/m0/s1. The Labute approximate surface area is 122 Å². The molecular weight excluding hydrogens is 274 g/mol. The highest BCUT2D eigenvalue weighted by atomic mass is 32.1. The van der Waals surface area contributed by atoms with E-state index < -0.39 is 12.0 Å². The fraction of sp³-hybridized carbons (Fsp3) is 0.500. The maximum absolute atomic E-state index is 11.4. The first-order chi connectivity index (χ1) is 9.45. The van der Waals surface area contributed by atoms with Crippen LogP contribution in [-0.2, 0) is 4.79 Å². The zero-order chi connectivity index (χ0) is 14.9. The number of carbonyl (C=O) groups is 1. The summed E-state index contributed by atoms with van der Waals surface area (Å²) >= 11 is 1.60. The number of carboxylic acid groups (broad SMARTS) is 1. The van der Waals surface area contributed by atoms with Crippen LogP contribution >= 0.6 is 11.3 Å². The first-order valence-electron chi connectivity index (χ1n) is 6.65. The summed E-state index contributed by atoms with van der Waals surface area (Å²) in [5.74, 6) is -0.210. The van der Waals surface area contributed by atoms with Crippen molar-refractivity contribution >= 4 is 33.3 Å². The lowest BCUT2D eigenvalue weighted by atomic mass is 9.99. The zero-order valence-electron chi connectivity index (χ0n) is 12.1. The molecule has 0 saturated heterocycles. The quantitative estimate of drug-likeness (QED) is 0.885. The summed E-state index contributed by atoms with van der Waals surface area (Å²) in [7, 11) is 0. The molecule has 108 valence electrons. The monoisotopic (exact) mass is 293 g/mol. The number of nitrogens with zero attached hydrogens (tertiary/aromatic N) is 2. The molecule has 2 rings (SSSR count). The van der Waals surface area contributed by atoms with Gasteiger partial charge in [0.15, 0.2) is 0 Å². The van der Waals surface area contributed by atoms with Crippen LogP contribution in [0.1, 0.15) is 30.7 Å². The Bertz CT molecular complexity index is 639. The Hall–Kier alpha value is -1.69. The third kappa shape index (κ3) is 2.60. The number of nitrogens with one attached hydrogen (secondary N) is 1. The molecule has 0 spiro atoms. The lowest BCUT2D eigenvalue weighted by molar-refractivity contribution is -0.139. The summed E-state index contributed by atoms with van der Waals surface area (Å²) in [5.41, 5.74) is 1.11. The van der Waals surface area contributed by atoms with Gasteiger partial charge in [0, 0.05) is 4.88 Å². The summed E-state index contributed by atoms with van der Waals surface area (Å²) in [5, 5.41) is 13.4. The Morgan fingerprint density at radius 3 is 2.75 bits per heavy atom. The van der Waals surface area contributed by atoms with Gasteiger partial charge in [-0.15, -0.1) is 11.3 Å². The van der Waals surface area contributed by atoms with E-state index in [0.29, 0.717) is 5.82 Å². The van der Waals surface area contributed by atoms with Gasteiger partial charge in [-0.3, -0.25) is 0 Å². The SMILES string of the molecule is CC[C@H](C)[C@@H](Nc1ncnc2sc(C)c(C)c12)C(=O)O. The number of hydrogen-bond donors (Lipinski definition) is 2. The minimum Gasteiger partial charge on any atom is -0.480 e. The van der Waals surface area contributed by atoms with Crippen molar-refractivity contribution in [3.63, 3.8) is 0 Å². The van der Waals surface area contributed by atoms with Crippen LogP contribution in [0.15, 0.2) is 6.33 Å². The van der Waals surface area contributed by atoms with Crippen molar-refractivity contribution in [3.8, 4) is 0 Å². The van der Waals surface area contributed by atoms with E-state index in [4.69, 9.17) is 0 Å². The van der Waals surface area contributed by atoms with Gasteiger partial charge in [0.25, 0.3) is 0 Å². The van der Waals surface area contributed by atoms with Crippen LogP contribution in [0.25, 0.3) is 10.2 Å². The molecule has 2 aromatic heterocycles. The first-order valence-corrected chi connectivity index (χ1v) is 7.47. The van der Waals surface area contributed by atoms with E-state index in [2.05, 4.69) is 15.3 Å². The van der Waals surface area contributed by atoms with Crippen molar-refractivity contribution in [2.24, 2.45) is 5.92 Å². The molecule has 0 aliphatic carbocycles. The Morgan fingerprint density at radius 2 is 2.15 bits per heavy atom. The van der Waals surface area contributed by atoms with Crippen molar-refractivity contribution < 1.29 is 9.90 Å². The maximum Gasteiger partial charge on any atom is 0.326 e. The smallest absolute Gasteiger partial charge is 0.326 e. The molecule has 2 aromatic rings.